The number of anilines is 1. The number of benzene rings is 1. The first-order valence-electron chi connectivity index (χ1n) is 8.84. The summed E-state index contributed by atoms with van der Waals surface area (Å²) < 4.78 is 3.70. The molecule has 3 rings (SSSR count). The van der Waals surface area contributed by atoms with E-state index in [1.165, 1.54) is 17.3 Å². The van der Waals surface area contributed by atoms with Crippen molar-refractivity contribution in [1.29, 1.82) is 0 Å². The highest BCUT2D eigenvalue weighted by Crippen LogP contribution is 2.26. The number of hydrogen-bond donors (Lipinski definition) is 1. The summed E-state index contributed by atoms with van der Waals surface area (Å²) in [5.41, 5.74) is 2.20. The smallest absolute Gasteiger partial charge is 0.238 e. The first-order valence-corrected chi connectivity index (χ1v) is 9.72. The Morgan fingerprint density at radius 1 is 1.11 bits per heavy atom. The number of aryl methyl sites for hydroxylation is 1. The van der Waals surface area contributed by atoms with E-state index in [1.807, 2.05) is 63.6 Å². The van der Waals surface area contributed by atoms with E-state index in [0.717, 1.165) is 11.4 Å². The highest BCUT2D eigenvalue weighted by Gasteiger charge is 2.20. The lowest BCUT2D eigenvalue weighted by molar-refractivity contribution is -0.115. The minimum Gasteiger partial charge on any atom is -0.310 e. The maximum Gasteiger partial charge on any atom is 0.238 e. The van der Waals surface area contributed by atoms with Gasteiger partial charge in [0.1, 0.15) is 5.82 Å². The van der Waals surface area contributed by atoms with Crippen molar-refractivity contribution in [3.05, 3.63) is 42.1 Å². The third-order valence-electron chi connectivity index (χ3n) is 4.21. The molecule has 3 aromatic rings. The third-order valence-corrected chi connectivity index (χ3v) is 5.34. The Kier molecular flexibility index (Phi) is 5.65. The van der Waals surface area contributed by atoms with Crippen molar-refractivity contribution in [2.24, 2.45) is 7.05 Å². The average Bonchev–Trinajstić information content (AvgIpc) is 3.23. The van der Waals surface area contributed by atoms with Gasteiger partial charge < -0.3 is 9.88 Å². The fourth-order valence-electron chi connectivity index (χ4n) is 2.64. The molecule has 0 spiro atoms. The zero-order chi connectivity index (χ0) is 19.6. The van der Waals surface area contributed by atoms with E-state index in [2.05, 4.69) is 20.6 Å². The second-order valence-corrected chi connectivity index (χ2v) is 8.04. The van der Waals surface area contributed by atoms with E-state index >= 15 is 0 Å². The zero-order valence-corrected chi connectivity index (χ0v) is 17.0. The minimum absolute atomic E-state index is 0.0951. The van der Waals surface area contributed by atoms with Gasteiger partial charge in [0.2, 0.25) is 5.91 Å². The van der Waals surface area contributed by atoms with E-state index in [4.69, 9.17) is 0 Å². The number of amides is 1. The minimum atomic E-state index is -0.325. The van der Waals surface area contributed by atoms with Gasteiger partial charge in [-0.1, -0.05) is 41.6 Å². The number of thioether (sulfide) groups is 1. The SMILES string of the molecule is Cc1ccc(-c2nnc(SC(C)C(=O)Nc3ccnn3C(C)C)n2C)cc1. The second kappa shape index (κ2) is 7.96. The Hall–Kier alpha value is -2.61. The monoisotopic (exact) mass is 384 g/mol. The molecule has 0 radical (unpaired) electrons. The lowest BCUT2D eigenvalue weighted by Crippen LogP contribution is -2.25. The van der Waals surface area contributed by atoms with Gasteiger partial charge in [-0.3, -0.25) is 4.79 Å². The zero-order valence-electron chi connectivity index (χ0n) is 16.2. The molecule has 1 amide bonds. The lowest BCUT2D eigenvalue weighted by Gasteiger charge is -2.14. The van der Waals surface area contributed by atoms with Crippen molar-refractivity contribution < 1.29 is 4.79 Å². The number of carbonyl (C=O) groups is 1. The van der Waals surface area contributed by atoms with Crippen LogP contribution in [0.15, 0.2) is 41.7 Å². The molecule has 7 nitrogen and oxygen atoms in total. The topological polar surface area (TPSA) is 77.6 Å². The van der Waals surface area contributed by atoms with Gasteiger partial charge in [-0.25, -0.2) is 4.68 Å². The molecule has 2 heterocycles. The van der Waals surface area contributed by atoms with Gasteiger partial charge in [-0.15, -0.1) is 10.2 Å². The molecule has 0 saturated heterocycles. The number of nitrogens with one attached hydrogen (secondary N) is 1. The van der Waals surface area contributed by atoms with Gasteiger partial charge in [0.15, 0.2) is 11.0 Å². The molecule has 1 atom stereocenters. The van der Waals surface area contributed by atoms with Gasteiger partial charge in [0.05, 0.1) is 11.4 Å². The van der Waals surface area contributed by atoms with Crippen molar-refractivity contribution in [2.75, 3.05) is 5.32 Å². The Balaban J connectivity index is 1.70. The molecule has 1 N–H and O–H groups in total. The quantitative estimate of drug-likeness (QED) is 0.656. The van der Waals surface area contributed by atoms with E-state index in [-0.39, 0.29) is 17.2 Å². The lowest BCUT2D eigenvalue weighted by atomic mass is 10.1. The van der Waals surface area contributed by atoms with Crippen LogP contribution in [0.3, 0.4) is 0 Å². The number of nitrogens with zero attached hydrogens (tertiary/aromatic N) is 5. The molecule has 8 heteroatoms. The van der Waals surface area contributed by atoms with Gasteiger partial charge in [0, 0.05) is 24.7 Å². The number of carbonyl (C=O) groups excluding carboxylic acids is 1. The Bertz CT molecular complexity index is 928. The van der Waals surface area contributed by atoms with E-state index < -0.39 is 0 Å². The van der Waals surface area contributed by atoms with Gasteiger partial charge >= 0.3 is 0 Å². The maximum absolute atomic E-state index is 12.6. The predicted molar refractivity (Wildman–Crippen MR) is 108 cm³/mol. The van der Waals surface area contributed by atoms with Crippen LogP contribution in [0.2, 0.25) is 0 Å². The van der Waals surface area contributed by atoms with Gasteiger partial charge in [-0.05, 0) is 27.7 Å². The Morgan fingerprint density at radius 2 is 1.81 bits per heavy atom. The molecule has 1 unspecified atom stereocenters. The number of aromatic nitrogens is 5. The van der Waals surface area contributed by atoms with Gasteiger partial charge in [0.25, 0.3) is 0 Å². The molecular weight excluding hydrogens is 360 g/mol. The second-order valence-electron chi connectivity index (χ2n) is 6.74. The van der Waals surface area contributed by atoms with E-state index in [9.17, 15) is 4.79 Å². The Morgan fingerprint density at radius 3 is 2.48 bits per heavy atom. The Labute approximate surface area is 163 Å². The fourth-order valence-corrected chi connectivity index (χ4v) is 3.45. The summed E-state index contributed by atoms with van der Waals surface area (Å²) in [6, 6.07) is 10.1. The third kappa shape index (κ3) is 4.21. The molecule has 0 saturated carbocycles. The summed E-state index contributed by atoms with van der Waals surface area (Å²) in [6.07, 6.45) is 1.68. The standard InChI is InChI=1S/C19H24N6OS/c1-12(2)25-16(10-11-20-25)21-18(26)14(4)27-19-23-22-17(24(19)5)15-8-6-13(3)7-9-15/h6-12,14H,1-5H3,(H,21,26). The predicted octanol–water partition coefficient (Wildman–Crippen LogP) is 3.69. The van der Waals surface area contributed by atoms with Crippen molar-refractivity contribution >= 4 is 23.5 Å². The average molecular weight is 385 g/mol. The molecule has 142 valence electrons. The van der Waals surface area contributed by atoms with Crippen LogP contribution in [0.5, 0.6) is 0 Å². The molecule has 0 bridgehead atoms. The fraction of sp³-hybridized carbons (Fsp3) is 0.368. The normalized spacial score (nSPS) is 12.4. The highest BCUT2D eigenvalue weighted by atomic mass is 32.2. The summed E-state index contributed by atoms with van der Waals surface area (Å²) in [7, 11) is 1.91. The highest BCUT2D eigenvalue weighted by molar-refractivity contribution is 8.00. The molecule has 0 fully saturated rings. The molecule has 0 aliphatic rings. The first kappa shape index (κ1) is 19.2. The molecule has 0 aliphatic carbocycles. The van der Waals surface area contributed by atoms with Crippen LogP contribution in [0.1, 0.15) is 32.4 Å². The molecule has 1 aromatic carbocycles. The van der Waals surface area contributed by atoms with Gasteiger partial charge in [-0.2, -0.15) is 5.10 Å². The molecule has 0 aliphatic heterocycles. The van der Waals surface area contributed by atoms with Crippen molar-refractivity contribution in [3.8, 4) is 11.4 Å². The largest absolute Gasteiger partial charge is 0.310 e. The van der Waals surface area contributed by atoms with Crippen molar-refractivity contribution in [3.63, 3.8) is 0 Å². The van der Waals surface area contributed by atoms with Crippen molar-refractivity contribution in [2.45, 2.75) is 44.1 Å². The number of rotatable bonds is 6. The molecular formula is C19H24N6OS. The van der Waals surface area contributed by atoms with Crippen LogP contribution in [0.4, 0.5) is 5.82 Å². The van der Waals surface area contributed by atoms with E-state index in [0.29, 0.717) is 11.0 Å². The summed E-state index contributed by atoms with van der Waals surface area (Å²) in [4.78, 5) is 12.6. The summed E-state index contributed by atoms with van der Waals surface area (Å²) in [5, 5.41) is 16.1. The van der Waals surface area contributed by atoms with Crippen LogP contribution in [-0.4, -0.2) is 35.7 Å². The maximum atomic E-state index is 12.6. The van der Waals surface area contributed by atoms with Crippen molar-refractivity contribution in [1.82, 2.24) is 24.5 Å². The summed E-state index contributed by atoms with van der Waals surface area (Å²) >= 11 is 1.38. The van der Waals surface area contributed by atoms with Crippen LogP contribution >= 0.6 is 11.8 Å². The van der Waals surface area contributed by atoms with E-state index in [1.54, 1.807) is 16.9 Å². The summed E-state index contributed by atoms with van der Waals surface area (Å²) in [5.74, 6) is 1.38. The molecule has 27 heavy (non-hydrogen) atoms. The van der Waals surface area contributed by atoms with Crippen LogP contribution in [0, 0.1) is 6.92 Å². The van der Waals surface area contributed by atoms with Crippen LogP contribution in [-0.2, 0) is 11.8 Å². The number of hydrogen-bond acceptors (Lipinski definition) is 5. The van der Waals surface area contributed by atoms with Crippen LogP contribution < -0.4 is 5.32 Å². The van der Waals surface area contributed by atoms with Crippen LogP contribution in [0.25, 0.3) is 11.4 Å². The summed E-state index contributed by atoms with van der Waals surface area (Å²) in [6.45, 7) is 7.95. The molecule has 2 aromatic heterocycles. The first-order chi connectivity index (χ1) is 12.9.